The fourth-order valence-corrected chi connectivity index (χ4v) is 3.18. The predicted molar refractivity (Wildman–Crippen MR) is 60.3 cm³/mol. The molecule has 94 valence electrons. The lowest BCUT2D eigenvalue weighted by Gasteiger charge is -2.45. The number of amides is 1. The quantitative estimate of drug-likeness (QED) is 0.721. The van der Waals surface area contributed by atoms with Crippen LogP contribution in [-0.2, 0) is 9.59 Å². The van der Waals surface area contributed by atoms with E-state index in [1.54, 1.807) is 0 Å². The molecule has 5 heteroatoms. The summed E-state index contributed by atoms with van der Waals surface area (Å²) in [5.41, 5.74) is 0. The van der Waals surface area contributed by atoms with Crippen LogP contribution in [0, 0.1) is 17.8 Å². The number of carboxylic acids is 1. The Bertz CT molecular complexity index is 350. The maximum Gasteiger partial charge on any atom is 0.307 e. The van der Waals surface area contributed by atoms with E-state index in [0.29, 0.717) is 12.3 Å². The largest absolute Gasteiger partial charge is 0.481 e. The van der Waals surface area contributed by atoms with Crippen LogP contribution >= 0.6 is 0 Å². The number of carbonyl (C=O) groups excluding carboxylic acids is 1. The highest BCUT2D eigenvalue weighted by molar-refractivity contribution is 5.89. The lowest BCUT2D eigenvalue weighted by Crippen LogP contribution is -2.57. The summed E-state index contributed by atoms with van der Waals surface area (Å²) in [6.07, 6.45) is 2.85. The summed E-state index contributed by atoms with van der Waals surface area (Å²) in [5, 5.41) is 11.8. The first-order chi connectivity index (χ1) is 8.15. The molecule has 5 nitrogen and oxygen atoms in total. The van der Waals surface area contributed by atoms with Crippen molar-refractivity contribution in [1.29, 1.82) is 0 Å². The summed E-state index contributed by atoms with van der Waals surface area (Å²) in [6, 6.07) is 0.250. The topological polar surface area (TPSA) is 69.6 Å². The van der Waals surface area contributed by atoms with Crippen molar-refractivity contribution >= 4 is 11.9 Å². The molecule has 0 spiro atoms. The number of hydrogen-bond acceptors (Lipinski definition) is 3. The van der Waals surface area contributed by atoms with Crippen molar-refractivity contribution in [3.05, 3.63) is 0 Å². The monoisotopic (exact) mass is 238 g/mol. The number of aliphatic carboxylic acids is 1. The molecule has 0 aromatic rings. The number of hydrogen-bond donors (Lipinski definition) is 2. The molecular formula is C12H18N2O3. The summed E-state index contributed by atoms with van der Waals surface area (Å²) >= 11 is 0. The molecule has 1 aliphatic carbocycles. The van der Waals surface area contributed by atoms with E-state index < -0.39 is 11.9 Å². The molecule has 17 heavy (non-hydrogen) atoms. The zero-order chi connectivity index (χ0) is 12.0. The Morgan fingerprint density at radius 1 is 1.18 bits per heavy atom. The molecular weight excluding hydrogens is 220 g/mol. The predicted octanol–water partition coefficient (Wildman–Crippen LogP) is -0.0825. The van der Waals surface area contributed by atoms with Crippen molar-refractivity contribution in [1.82, 2.24) is 10.2 Å². The minimum absolute atomic E-state index is 0.0452. The highest BCUT2D eigenvalue weighted by Gasteiger charge is 2.49. The molecule has 0 aromatic carbocycles. The molecule has 3 saturated heterocycles. The van der Waals surface area contributed by atoms with Crippen LogP contribution in [0.4, 0.5) is 0 Å². The second kappa shape index (κ2) is 3.98. The Morgan fingerprint density at radius 3 is 2.35 bits per heavy atom. The maximum absolute atomic E-state index is 11.9. The Kier molecular flexibility index (Phi) is 2.58. The minimum Gasteiger partial charge on any atom is -0.481 e. The molecule has 0 aromatic heterocycles. The van der Waals surface area contributed by atoms with Crippen molar-refractivity contribution in [2.24, 2.45) is 17.8 Å². The average molecular weight is 238 g/mol. The number of piperidine rings is 3. The SMILES string of the molecule is O=C(O)[C@H]1C[C@H]1C(=O)NC1CN2CCC1CC2. The van der Waals surface area contributed by atoms with E-state index in [1.807, 2.05) is 0 Å². The summed E-state index contributed by atoms with van der Waals surface area (Å²) in [4.78, 5) is 25.0. The summed E-state index contributed by atoms with van der Waals surface area (Å²) in [6.45, 7) is 3.25. The Hall–Kier alpha value is -1.10. The van der Waals surface area contributed by atoms with Crippen molar-refractivity contribution in [3.8, 4) is 0 Å². The molecule has 2 N–H and O–H groups in total. The van der Waals surface area contributed by atoms with Gasteiger partial charge in [-0.05, 0) is 38.3 Å². The average Bonchev–Trinajstić information content (AvgIpc) is 3.10. The maximum atomic E-state index is 11.9. The standard InChI is InChI=1S/C12H18N2O3/c15-11(8-5-9(8)12(16)17)13-10-6-14-3-1-7(10)2-4-14/h7-10H,1-6H2,(H,13,15)(H,16,17)/t8-,9+,10?/m1/s1. The molecule has 3 heterocycles. The lowest BCUT2D eigenvalue weighted by atomic mass is 9.84. The number of rotatable bonds is 3. The zero-order valence-electron chi connectivity index (χ0n) is 9.76. The van der Waals surface area contributed by atoms with Crippen LogP contribution in [0.5, 0.6) is 0 Å². The number of carbonyl (C=O) groups is 2. The van der Waals surface area contributed by atoms with Gasteiger partial charge in [-0.15, -0.1) is 0 Å². The van der Waals surface area contributed by atoms with E-state index >= 15 is 0 Å². The minimum atomic E-state index is -0.834. The molecule has 3 atom stereocenters. The highest BCUT2D eigenvalue weighted by atomic mass is 16.4. The summed E-state index contributed by atoms with van der Waals surface area (Å²) < 4.78 is 0. The van der Waals surface area contributed by atoms with E-state index in [4.69, 9.17) is 5.11 Å². The third-order valence-corrected chi connectivity index (χ3v) is 4.43. The Morgan fingerprint density at radius 2 is 1.88 bits per heavy atom. The van der Waals surface area contributed by atoms with Crippen LogP contribution in [0.1, 0.15) is 19.3 Å². The molecule has 0 radical (unpaired) electrons. The van der Waals surface area contributed by atoms with Crippen molar-refractivity contribution in [2.45, 2.75) is 25.3 Å². The number of nitrogens with one attached hydrogen (secondary N) is 1. The van der Waals surface area contributed by atoms with Gasteiger partial charge in [0.25, 0.3) is 0 Å². The third-order valence-electron chi connectivity index (χ3n) is 4.43. The molecule has 3 aliphatic heterocycles. The van der Waals surface area contributed by atoms with E-state index in [1.165, 1.54) is 0 Å². The summed E-state index contributed by atoms with van der Waals surface area (Å²) in [7, 11) is 0. The van der Waals surface area contributed by atoms with Crippen LogP contribution in [0.3, 0.4) is 0 Å². The molecule has 1 saturated carbocycles. The van der Waals surface area contributed by atoms with E-state index in [-0.39, 0.29) is 17.9 Å². The molecule has 4 aliphatic rings. The normalized spacial score (nSPS) is 43.2. The van der Waals surface area contributed by atoms with Gasteiger partial charge < -0.3 is 15.3 Å². The first kappa shape index (κ1) is 11.0. The third kappa shape index (κ3) is 2.04. The zero-order valence-corrected chi connectivity index (χ0v) is 9.76. The van der Waals surface area contributed by atoms with Crippen LogP contribution < -0.4 is 5.32 Å². The summed E-state index contributed by atoms with van der Waals surface area (Å²) in [5.74, 6) is -0.986. The highest BCUT2D eigenvalue weighted by Crippen LogP contribution is 2.39. The van der Waals surface area contributed by atoms with Gasteiger partial charge in [0.2, 0.25) is 5.91 Å². The number of nitrogens with zero attached hydrogens (tertiary/aromatic N) is 1. The van der Waals surface area contributed by atoms with Crippen LogP contribution in [0.15, 0.2) is 0 Å². The second-order valence-corrected chi connectivity index (χ2v) is 5.54. The molecule has 2 bridgehead atoms. The van der Waals surface area contributed by atoms with Gasteiger partial charge in [-0.2, -0.15) is 0 Å². The second-order valence-electron chi connectivity index (χ2n) is 5.54. The Labute approximate surface area is 100 Å². The van der Waals surface area contributed by atoms with E-state index in [0.717, 1.165) is 32.5 Å². The molecule has 4 fully saturated rings. The van der Waals surface area contributed by atoms with Gasteiger partial charge in [0.1, 0.15) is 0 Å². The first-order valence-electron chi connectivity index (χ1n) is 6.40. The van der Waals surface area contributed by atoms with Gasteiger partial charge in [-0.3, -0.25) is 9.59 Å². The fraction of sp³-hybridized carbons (Fsp3) is 0.833. The van der Waals surface area contributed by atoms with Gasteiger partial charge in [-0.1, -0.05) is 0 Å². The van der Waals surface area contributed by atoms with Gasteiger partial charge in [0, 0.05) is 12.6 Å². The van der Waals surface area contributed by atoms with Gasteiger partial charge in [0.15, 0.2) is 0 Å². The van der Waals surface area contributed by atoms with Crippen LogP contribution in [0.2, 0.25) is 0 Å². The van der Waals surface area contributed by atoms with Gasteiger partial charge in [-0.25, -0.2) is 0 Å². The first-order valence-corrected chi connectivity index (χ1v) is 6.40. The van der Waals surface area contributed by atoms with Crippen LogP contribution in [-0.4, -0.2) is 47.6 Å². The van der Waals surface area contributed by atoms with E-state index in [2.05, 4.69) is 10.2 Å². The van der Waals surface area contributed by atoms with Crippen molar-refractivity contribution in [3.63, 3.8) is 0 Å². The Balaban J connectivity index is 1.54. The lowest BCUT2D eigenvalue weighted by molar-refractivity contribution is -0.140. The molecule has 4 rings (SSSR count). The fourth-order valence-electron chi connectivity index (χ4n) is 3.18. The van der Waals surface area contributed by atoms with Crippen LogP contribution in [0.25, 0.3) is 0 Å². The smallest absolute Gasteiger partial charge is 0.307 e. The van der Waals surface area contributed by atoms with Crippen molar-refractivity contribution in [2.75, 3.05) is 19.6 Å². The van der Waals surface area contributed by atoms with E-state index in [9.17, 15) is 9.59 Å². The van der Waals surface area contributed by atoms with Gasteiger partial charge >= 0.3 is 5.97 Å². The molecule has 1 amide bonds. The van der Waals surface area contributed by atoms with Gasteiger partial charge in [0.05, 0.1) is 11.8 Å². The van der Waals surface area contributed by atoms with Crippen molar-refractivity contribution < 1.29 is 14.7 Å². The molecule has 1 unspecified atom stereocenters. The number of carboxylic acid groups (broad SMARTS) is 1. The number of fused-ring (bicyclic) bond motifs is 3.